The van der Waals surface area contributed by atoms with E-state index in [2.05, 4.69) is 30.9 Å². The Morgan fingerprint density at radius 1 is 1.46 bits per heavy atom. The molecule has 0 amide bonds. The van der Waals surface area contributed by atoms with Crippen LogP contribution in [0.15, 0.2) is 0 Å². The van der Waals surface area contributed by atoms with Crippen LogP contribution in [0.3, 0.4) is 0 Å². The SMILES string of the molecule is CCCCSC(C)CNCCOC. The molecule has 0 spiro atoms. The van der Waals surface area contributed by atoms with Gasteiger partial charge in [0, 0.05) is 25.4 Å². The second-order valence-electron chi connectivity index (χ2n) is 3.23. The molecule has 3 heteroatoms. The average Bonchev–Trinajstić information content (AvgIpc) is 2.13. The van der Waals surface area contributed by atoms with E-state index in [1.54, 1.807) is 7.11 Å². The van der Waals surface area contributed by atoms with E-state index in [1.807, 2.05) is 0 Å². The quantitative estimate of drug-likeness (QED) is 0.583. The summed E-state index contributed by atoms with van der Waals surface area (Å²) in [6, 6.07) is 0. The molecule has 1 N–H and O–H groups in total. The Balaban J connectivity index is 3.05. The molecule has 0 bridgehead atoms. The lowest BCUT2D eigenvalue weighted by molar-refractivity contribution is 0.199. The molecule has 0 aliphatic heterocycles. The first-order chi connectivity index (χ1) is 6.31. The van der Waals surface area contributed by atoms with E-state index in [-0.39, 0.29) is 0 Å². The van der Waals surface area contributed by atoms with E-state index >= 15 is 0 Å². The monoisotopic (exact) mass is 205 g/mol. The summed E-state index contributed by atoms with van der Waals surface area (Å²) in [7, 11) is 1.74. The maximum Gasteiger partial charge on any atom is 0.0587 e. The molecule has 0 aromatic rings. The van der Waals surface area contributed by atoms with Crippen molar-refractivity contribution in [3.05, 3.63) is 0 Å². The van der Waals surface area contributed by atoms with Gasteiger partial charge in [-0.05, 0) is 12.2 Å². The predicted octanol–water partition coefficient (Wildman–Crippen LogP) is 2.14. The van der Waals surface area contributed by atoms with Crippen LogP contribution in [0, 0.1) is 0 Å². The number of ether oxygens (including phenoxy) is 1. The number of thioether (sulfide) groups is 1. The molecule has 0 saturated carbocycles. The highest BCUT2D eigenvalue weighted by molar-refractivity contribution is 7.99. The highest BCUT2D eigenvalue weighted by atomic mass is 32.2. The van der Waals surface area contributed by atoms with Crippen molar-refractivity contribution < 1.29 is 4.74 Å². The van der Waals surface area contributed by atoms with Crippen LogP contribution in [0.2, 0.25) is 0 Å². The van der Waals surface area contributed by atoms with E-state index in [9.17, 15) is 0 Å². The zero-order valence-corrected chi connectivity index (χ0v) is 9.95. The van der Waals surface area contributed by atoms with Crippen molar-refractivity contribution in [1.82, 2.24) is 5.32 Å². The molecule has 0 heterocycles. The van der Waals surface area contributed by atoms with Crippen molar-refractivity contribution in [3.63, 3.8) is 0 Å². The Morgan fingerprint density at radius 2 is 2.23 bits per heavy atom. The van der Waals surface area contributed by atoms with Crippen molar-refractivity contribution in [2.75, 3.05) is 32.6 Å². The van der Waals surface area contributed by atoms with Gasteiger partial charge in [-0.1, -0.05) is 20.3 Å². The van der Waals surface area contributed by atoms with E-state index in [0.717, 1.165) is 24.9 Å². The van der Waals surface area contributed by atoms with Gasteiger partial charge in [0.15, 0.2) is 0 Å². The van der Waals surface area contributed by atoms with Gasteiger partial charge in [-0.15, -0.1) is 0 Å². The smallest absolute Gasteiger partial charge is 0.0587 e. The minimum absolute atomic E-state index is 0.725. The number of nitrogens with one attached hydrogen (secondary N) is 1. The molecule has 0 aliphatic rings. The first-order valence-corrected chi connectivity index (χ1v) is 6.17. The van der Waals surface area contributed by atoms with Gasteiger partial charge >= 0.3 is 0 Å². The van der Waals surface area contributed by atoms with E-state index in [1.165, 1.54) is 18.6 Å². The lowest BCUT2D eigenvalue weighted by atomic mass is 10.4. The fourth-order valence-electron chi connectivity index (χ4n) is 0.967. The van der Waals surface area contributed by atoms with Crippen LogP contribution >= 0.6 is 11.8 Å². The number of rotatable bonds is 9. The molecule has 0 rings (SSSR count). The number of hydrogen-bond acceptors (Lipinski definition) is 3. The highest BCUT2D eigenvalue weighted by Crippen LogP contribution is 2.11. The third-order valence-electron chi connectivity index (χ3n) is 1.82. The summed E-state index contributed by atoms with van der Waals surface area (Å²) in [5.41, 5.74) is 0. The summed E-state index contributed by atoms with van der Waals surface area (Å²) in [5, 5.41) is 4.09. The van der Waals surface area contributed by atoms with Gasteiger partial charge in [-0.25, -0.2) is 0 Å². The van der Waals surface area contributed by atoms with Gasteiger partial charge < -0.3 is 10.1 Å². The molecule has 0 saturated heterocycles. The van der Waals surface area contributed by atoms with Crippen LogP contribution in [0.1, 0.15) is 26.7 Å². The van der Waals surface area contributed by atoms with Crippen molar-refractivity contribution in [1.29, 1.82) is 0 Å². The first-order valence-electron chi connectivity index (χ1n) is 5.12. The molecule has 0 aromatic carbocycles. The minimum Gasteiger partial charge on any atom is -0.383 e. The van der Waals surface area contributed by atoms with Gasteiger partial charge in [0.2, 0.25) is 0 Å². The molecule has 0 fully saturated rings. The Labute approximate surface area is 86.8 Å². The fraction of sp³-hybridized carbons (Fsp3) is 1.00. The Kier molecular flexibility index (Phi) is 10.6. The van der Waals surface area contributed by atoms with Crippen LogP contribution in [0.5, 0.6) is 0 Å². The van der Waals surface area contributed by atoms with Gasteiger partial charge in [-0.3, -0.25) is 0 Å². The van der Waals surface area contributed by atoms with Gasteiger partial charge in [0.05, 0.1) is 6.61 Å². The third-order valence-corrected chi connectivity index (χ3v) is 3.08. The second kappa shape index (κ2) is 10.4. The van der Waals surface area contributed by atoms with Crippen LogP contribution in [-0.2, 0) is 4.74 Å². The van der Waals surface area contributed by atoms with Gasteiger partial charge in [-0.2, -0.15) is 11.8 Å². The summed E-state index contributed by atoms with van der Waals surface area (Å²) in [6.07, 6.45) is 2.64. The highest BCUT2D eigenvalue weighted by Gasteiger charge is 2.00. The zero-order valence-electron chi connectivity index (χ0n) is 9.14. The maximum absolute atomic E-state index is 4.95. The number of methoxy groups -OCH3 is 1. The van der Waals surface area contributed by atoms with Crippen LogP contribution in [-0.4, -0.2) is 37.8 Å². The summed E-state index contributed by atoms with van der Waals surface area (Å²) >= 11 is 2.06. The van der Waals surface area contributed by atoms with Crippen molar-refractivity contribution in [2.24, 2.45) is 0 Å². The Hall–Kier alpha value is 0.270. The zero-order chi connectivity index (χ0) is 9.94. The summed E-state index contributed by atoms with van der Waals surface area (Å²) in [4.78, 5) is 0. The van der Waals surface area contributed by atoms with Crippen LogP contribution in [0.4, 0.5) is 0 Å². The largest absolute Gasteiger partial charge is 0.383 e. The lowest BCUT2D eigenvalue weighted by Gasteiger charge is -2.11. The molecule has 0 radical (unpaired) electrons. The van der Waals surface area contributed by atoms with Crippen molar-refractivity contribution in [3.8, 4) is 0 Å². The van der Waals surface area contributed by atoms with E-state index in [0.29, 0.717) is 0 Å². The van der Waals surface area contributed by atoms with Crippen molar-refractivity contribution in [2.45, 2.75) is 31.9 Å². The Morgan fingerprint density at radius 3 is 2.85 bits per heavy atom. The summed E-state index contributed by atoms with van der Waals surface area (Å²) < 4.78 is 4.95. The minimum atomic E-state index is 0.725. The molecule has 1 atom stereocenters. The van der Waals surface area contributed by atoms with Crippen LogP contribution in [0.25, 0.3) is 0 Å². The molecular formula is C10H23NOS. The molecule has 80 valence electrons. The number of unbranched alkanes of at least 4 members (excludes halogenated alkanes) is 1. The standard InChI is InChI=1S/C10H23NOS/c1-4-5-8-13-10(2)9-11-6-7-12-3/h10-11H,4-9H2,1-3H3. The average molecular weight is 205 g/mol. The molecule has 1 unspecified atom stereocenters. The molecule has 0 aromatic heterocycles. The molecule has 0 aliphatic carbocycles. The summed E-state index contributed by atoms with van der Waals surface area (Å²) in [5.74, 6) is 1.30. The first kappa shape index (κ1) is 13.3. The molecular weight excluding hydrogens is 182 g/mol. The van der Waals surface area contributed by atoms with Crippen LogP contribution < -0.4 is 5.32 Å². The second-order valence-corrected chi connectivity index (χ2v) is 4.78. The lowest BCUT2D eigenvalue weighted by Crippen LogP contribution is -2.26. The Bertz CT molecular complexity index is 101. The van der Waals surface area contributed by atoms with Gasteiger partial charge in [0.1, 0.15) is 0 Å². The fourth-order valence-corrected chi connectivity index (χ4v) is 2.06. The maximum atomic E-state index is 4.95. The van der Waals surface area contributed by atoms with Crippen molar-refractivity contribution >= 4 is 11.8 Å². The number of hydrogen-bond donors (Lipinski definition) is 1. The van der Waals surface area contributed by atoms with E-state index in [4.69, 9.17) is 4.74 Å². The molecule has 2 nitrogen and oxygen atoms in total. The normalized spacial score (nSPS) is 13.2. The van der Waals surface area contributed by atoms with Gasteiger partial charge in [0.25, 0.3) is 0 Å². The topological polar surface area (TPSA) is 21.3 Å². The predicted molar refractivity (Wildman–Crippen MR) is 61.6 cm³/mol. The molecule has 13 heavy (non-hydrogen) atoms. The third kappa shape index (κ3) is 10.2. The summed E-state index contributed by atoms with van der Waals surface area (Å²) in [6.45, 7) is 7.39. The van der Waals surface area contributed by atoms with E-state index < -0.39 is 0 Å².